The van der Waals surface area contributed by atoms with Gasteiger partial charge in [-0.1, -0.05) is 189 Å². The Morgan fingerprint density at radius 2 is 0.947 bits per heavy atom. The van der Waals surface area contributed by atoms with E-state index in [0.717, 1.165) is 53.1 Å². The van der Waals surface area contributed by atoms with Crippen LogP contribution < -0.4 is 16.0 Å². The molecule has 0 spiro atoms. The molecule has 0 bridgehead atoms. The Labute approximate surface area is 595 Å². The normalized spacial score (nSPS) is 10.2. The lowest BCUT2D eigenvalue weighted by Crippen LogP contribution is -2.32. The smallest absolute Gasteiger partial charge is 0.416 e. The van der Waals surface area contributed by atoms with Crippen molar-refractivity contribution in [3.05, 3.63) is 216 Å². The number of hydrogen-bond acceptors (Lipinski definition) is 14. The second-order valence-electron chi connectivity index (χ2n) is 17.8. The van der Waals surface area contributed by atoms with E-state index in [1.54, 1.807) is 19.1 Å². The van der Waals surface area contributed by atoms with Gasteiger partial charge in [0.1, 0.15) is 25.2 Å². The highest BCUT2D eigenvalue weighted by atomic mass is 127. The van der Waals surface area contributed by atoms with Gasteiger partial charge in [-0.05, 0) is 108 Å². The molecule has 0 aliphatic heterocycles. The number of nitrogen functional groups attached to an aromatic ring is 1. The van der Waals surface area contributed by atoms with Gasteiger partial charge in [-0.25, -0.2) is 14.4 Å². The minimum Gasteiger partial charge on any atom is -0.465 e. The molecule has 0 aliphatic rings. The van der Waals surface area contributed by atoms with Gasteiger partial charge in [-0.15, -0.1) is 0 Å². The monoisotopic (exact) mass is 1750 g/mol. The van der Waals surface area contributed by atoms with Crippen molar-refractivity contribution in [3.63, 3.8) is 0 Å². The Bertz CT molecular complexity index is 3800. The van der Waals surface area contributed by atoms with Crippen molar-refractivity contribution >= 4 is 175 Å². The molecule has 2 amide bonds. The molecule has 0 saturated heterocycles. The molecule has 9 aromatic rings. The number of carbonyl (C=O) groups excluding carboxylic acids is 6. The van der Waals surface area contributed by atoms with E-state index in [2.05, 4.69) is 113 Å². The van der Waals surface area contributed by atoms with Gasteiger partial charge in [0.2, 0.25) is 0 Å². The zero-order valence-corrected chi connectivity index (χ0v) is 58.5. The number of alkyl halides is 13. The van der Waals surface area contributed by atoms with E-state index >= 15 is 0 Å². The summed E-state index contributed by atoms with van der Waals surface area (Å²) in [7, 11) is 0. The SMILES string of the molecule is C.CCCN(C(=O)OCc1ccccc1)c1ccnc2ccc(C(F)(F)F)cc12.CCOC(=O)CBr.CI.ICI.Nc1ccnc2ccc(C(F)(F)F)cc12.O=C(Cl)OCc1ccccc1.O=C(Nc1ccnc2ccc(C(F)(F)F)cc12)OCc1ccccc1.O=C=O. The minimum absolute atomic E-state index is 0. The van der Waals surface area contributed by atoms with Gasteiger partial charge in [-0.3, -0.25) is 30.0 Å². The third kappa shape index (κ3) is 32.2. The molecule has 0 saturated carbocycles. The van der Waals surface area contributed by atoms with E-state index in [-0.39, 0.29) is 55.8 Å². The lowest BCUT2D eigenvalue weighted by molar-refractivity contribution is -0.191. The van der Waals surface area contributed by atoms with Crippen LogP contribution >= 0.6 is 95.3 Å². The number of nitrogens with zero attached hydrogens (tertiary/aromatic N) is 4. The highest BCUT2D eigenvalue weighted by molar-refractivity contribution is 14.2. The molecule has 0 radical (unpaired) electrons. The fourth-order valence-corrected chi connectivity index (χ4v) is 7.65. The number of anilines is 3. The first-order valence-corrected chi connectivity index (χ1v) is 33.6. The fourth-order valence-electron chi connectivity index (χ4n) is 7.43. The van der Waals surface area contributed by atoms with Gasteiger partial charge in [0.25, 0.3) is 0 Å². The van der Waals surface area contributed by atoms with Crippen molar-refractivity contribution in [3.8, 4) is 0 Å². The molecule has 30 heteroatoms. The molecule has 0 fully saturated rings. The number of hydrogen-bond donors (Lipinski definition) is 2. The minimum atomic E-state index is -4.48. The molecule has 0 aliphatic carbocycles. The maximum Gasteiger partial charge on any atom is 0.416 e. The van der Waals surface area contributed by atoms with Crippen LogP contribution in [0.3, 0.4) is 0 Å². The lowest BCUT2D eigenvalue weighted by atomic mass is 10.1. The molecule has 3 N–H and O–H groups in total. The Morgan fingerprint density at radius 1 is 0.568 bits per heavy atom. The summed E-state index contributed by atoms with van der Waals surface area (Å²) in [6, 6.07) is 41.8. The summed E-state index contributed by atoms with van der Waals surface area (Å²) >= 11 is 14.6. The average molecular weight is 1750 g/mol. The van der Waals surface area contributed by atoms with Crippen LogP contribution in [-0.2, 0) is 71.7 Å². The third-order valence-corrected chi connectivity index (χ3v) is 12.0. The van der Waals surface area contributed by atoms with E-state index in [4.69, 9.17) is 36.4 Å². The summed E-state index contributed by atoms with van der Waals surface area (Å²) in [6.45, 7) is 4.80. The van der Waals surface area contributed by atoms with Gasteiger partial charge in [0.15, 0.2) is 0 Å². The molecule has 510 valence electrons. The van der Waals surface area contributed by atoms with Crippen molar-refractivity contribution in [1.82, 2.24) is 15.0 Å². The van der Waals surface area contributed by atoms with Gasteiger partial charge in [-0.2, -0.15) is 49.1 Å². The maximum absolute atomic E-state index is 13.1. The molecule has 3 heterocycles. The molecule has 95 heavy (non-hydrogen) atoms. The zero-order valence-electron chi connectivity index (χ0n) is 49.7. The number of ether oxygens (including phenoxy) is 4. The highest BCUT2D eigenvalue weighted by Crippen LogP contribution is 2.36. The number of rotatable bonds is 12. The van der Waals surface area contributed by atoms with E-state index in [1.807, 2.05) is 90.7 Å². The van der Waals surface area contributed by atoms with Crippen LogP contribution in [0.1, 0.15) is 61.1 Å². The number of benzene rings is 6. The molecule has 16 nitrogen and oxygen atoms in total. The number of nitrogens with two attached hydrogens (primary N) is 1. The first-order chi connectivity index (χ1) is 44.7. The number of pyridine rings is 3. The number of halogens is 14. The van der Waals surface area contributed by atoms with Gasteiger partial charge < -0.3 is 24.7 Å². The maximum atomic E-state index is 13.1. The second kappa shape index (κ2) is 45.8. The number of esters is 1. The molecule has 9 rings (SSSR count). The van der Waals surface area contributed by atoms with Gasteiger partial charge in [0, 0.05) is 58.6 Å². The summed E-state index contributed by atoms with van der Waals surface area (Å²) in [5.74, 6) is -0.206. The van der Waals surface area contributed by atoms with Gasteiger partial charge in [0.05, 0.1) is 53.7 Å². The summed E-state index contributed by atoms with van der Waals surface area (Å²) in [4.78, 5) is 76.5. The predicted molar refractivity (Wildman–Crippen MR) is 377 cm³/mol. The quantitative estimate of drug-likeness (QED) is 0.0290. The standard InChI is InChI=1S/C21H19F3N2O2.C18H13F3N2O2.C10H7F3N2.C8H7ClO2.C4H7BrO2.CH2I2.CH3I.CO2.CH4/c1-2-12-26(20(27)28-14-15-6-4-3-5-7-15)19-10-11-25-18-9-8-16(13-17(18)19)21(22,23)24;19-18(20,21)13-6-7-15-14(10-13)16(8-9-22-15)23-17(24)25-11-12-4-2-1-3-5-12;11-10(12,13)6-1-2-9-7(5-6)8(14)3-4-15-9;9-8(10)11-6-7-4-2-1-3-5-7;1-2-7-4(6)3-5;2-1-3;1-2;2-1-3;/h3-11,13H,2,12,14H2,1H3;1-10H,11H2,(H,22,23,24);1-5H,(H2,14,15);1-5H,6H2;2-3H2,1H3;1H2;1H3;;1H4. The highest BCUT2D eigenvalue weighted by Gasteiger charge is 2.33. The van der Waals surface area contributed by atoms with E-state index in [0.29, 0.717) is 58.2 Å². The summed E-state index contributed by atoms with van der Waals surface area (Å²) in [5.41, 5.74) is 7.06. The van der Waals surface area contributed by atoms with Crippen molar-refractivity contribution in [2.75, 3.05) is 41.8 Å². The number of nitrogens with one attached hydrogen (secondary N) is 1. The largest absolute Gasteiger partial charge is 0.465 e. The Hall–Kier alpha value is -7.46. The van der Waals surface area contributed by atoms with Crippen LogP contribution in [-0.4, -0.2) is 70.5 Å². The van der Waals surface area contributed by atoms with Crippen LogP contribution in [0, 0.1) is 0 Å². The van der Waals surface area contributed by atoms with Crippen molar-refractivity contribution in [1.29, 1.82) is 0 Å². The van der Waals surface area contributed by atoms with Crippen LogP contribution in [0.5, 0.6) is 0 Å². The predicted octanol–water partition coefficient (Wildman–Crippen LogP) is 20.1. The first kappa shape index (κ1) is 85.6. The van der Waals surface area contributed by atoms with Crippen LogP contribution in [0.25, 0.3) is 32.7 Å². The van der Waals surface area contributed by atoms with E-state index < -0.39 is 52.8 Å². The Kier molecular flexibility index (Phi) is 41.3. The van der Waals surface area contributed by atoms with Crippen LogP contribution in [0.15, 0.2) is 182 Å². The molecule has 0 atom stereocenters. The summed E-state index contributed by atoms with van der Waals surface area (Å²) in [5, 5.41) is 3.53. The summed E-state index contributed by atoms with van der Waals surface area (Å²) < 4.78 is 136. The summed E-state index contributed by atoms with van der Waals surface area (Å²) in [6.07, 6.45) is -9.48. The number of carbonyl (C=O) groups is 4. The fraction of sp³-hybridized carbons (Fsp3) is 0.231. The average Bonchev–Trinajstić information content (AvgIpc) is 0.814. The zero-order chi connectivity index (χ0) is 70.3. The van der Waals surface area contributed by atoms with Crippen molar-refractivity contribution < 1.29 is 87.2 Å². The van der Waals surface area contributed by atoms with Crippen molar-refractivity contribution in [2.24, 2.45) is 0 Å². The second-order valence-corrected chi connectivity index (χ2v) is 23.1. The van der Waals surface area contributed by atoms with E-state index in [9.17, 15) is 58.7 Å². The third-order valence-electron chi connectivity index (χ3n) is 11.4. The molecular formula is C65H62BrClF9I3N6O10. The molecular weight excluding hydrogens is 1690 g/mol. The van der Waals surface area contributed by atoms with Crippen LogP contribution in [0.4, 0.5) is 71.0 Å². The topological polar surface area (TPSA) is 219 Å². The Balaban J connectivity index is 0.000000611. The van der Waals surface area contributed by atoms with Gasteiger partial charge >= 0.3 is 48.3 Å². The number of aromatic nitrogens is 3. The van der Waals surface area contributed by atoms with E-state index in [1.165, 1.54) is 62.3 Å². The number of fused-ring (bicyclic) bond motifs is 3. The van der Waals surface area contributed by atoms with Crippen molar-refractivity contribution in [2.45, 2.75) is 66.0 Å². The first-order valence-electron chi connectivity index (χ1n) is 26.9. The number of amides is 2. The molecule has 3 aromatic heterocycles. The molecule has 6 aromatic carbocycles. The Morgan fingerprint density at radius 3 is 1.35 bits per heavy atom. The van der Waals surface area contributed by atoms with Crippen LogP contribution in [0.2, 0.25) is 0 Å². The lowest BCUT2D eigenvalue weighted by Gasteiger charge is -2.23. The molecule has 0 unspecified atom stereocenters.